The molecule has 0 spiro atoms. The van der Waals surface area contributed by atoms with E-state index in [1.54, 1.807) is 13.0 Å². The van der Waals surface area contributed by atoms with Crippen LogP contribution in [0.2, 0.25) is 0 Å². The van der Waals surface area contributed by atoms with Crippen LogP contribution < -0.4 is 10.1 Å². The lowest BCUT2D eigenvalue weighted by Crippen LogP contribution is -2.18. The van der Waals surface area contributed by atoms with Gasteiger partial charge in [0, 0.05) is 10.5 Å². The number of amides is 2. The monoisotopic (exact) mass is 478 g/mol. The standard InChI is InChI=1S/C18H15BrN4O3S2/c1-3-6-23-13-5-4-12(19)8-14(13)28-18(23)21-17(25)10-27-9-16(24)20-15-7-11(2)26-22-15/h1,4-5,7-8H,6,9-10H2,2H3,(H,20,22,24). The molecule has 0 bridgehead atoms. The normalized spacial score (nSPS) is 11.5. The van der Waals surface area contributed by atoms with Gasteiger partial charge >= 0.3 is 0 Å². The Labute approximate surface area is 177 Å². The van der Waals surface area contributed by atoms with Crippen molar-refractivity contribution in [2.75, 3.05) is 16.8 Å². The van der Waals surface area contributed by atoms with Crippen molar-refractivity contribution in [3.63, 3.8) is 0 Å². The average Bonchev–Trinajstić information content (AvgIpc) is 3.18. The van der Waals surface area contributed by atoms with Gasteiger partial charge in [-0.25, -0.2) is 0 Å². The quantitative estimate of drug-likeness (QED) is 0.549. The van der Waals surface area contributed by atoms with E-state index >= 15 is 0 Å². The van der Waals surface area contributed by atoms with Crippen molar-refractivity contribution in [3.8, 4) is 12.3 Å². The molecular formula is C18H15BrN4O3S2. The van der Waals surface area contributed by atoms with E-state index in [-0.39, 0.29) is 23.3 Å². The van der Waals surface area contributed by atoms with E-state index in [1.807, 2.05) is 22.8 Å². The second-order valence-electron chi connectivity index (χ2n) is 5.66. The summed E-state index contributed by atoms with van der Waals surface area (Å²) in [7, 11) is 0. The van der Waals surface area contributed by atoms with Crippen LogP contribution in [-0.2, 0) is 16.1 Å². The number of terminal acetylenes is 1. The van der Waals surface area contributed by atoms with E-state index < -0.39 is 0 Å². The first-order valence-corrected chi connectivity index (χ1v) is 10.8. The molecule has 3 rings (SSSR count). The third-order valence-electron chi connectivity index (χ3n) is 3.47. The number of carbonyl (C=O) groups is 2. The smallest absolute Gasteiger partial charge is 0.258 e. The van der Waals surface area contributed by atoms with Gasteiger partial charge in [0.05, 0.1) is 28.3 Å². The number of fused-ring (bicyclic) bond motifs is 1. The van der Waals surface area contributed by atoms with Crippen LogP contribution in [0.3, 0.4) is 0 Å². The second-order valence-corrected chi connectivity index (χ2v) is 8.57. The highest BCUT2D eigenvalue weighted by atomic mass is 79.9. The lowest BCUT2D eigenvalue weighted by molar-refractivity contribution is -0.115. The number of benzene rings is 1. The van der Waals surface area contributed by atoms with Crippen LogP contribution in [-0.4, -0.2) is 33.0 Å². The van der Waals surface area contributed by atoms with Gasteiger partial charge in [0.15, 0.2) is 10.6 Å². The Kier molecular flexibility index (Phi) is 6.72. The molecule has 2 aromatic heterocycles. The maximum Gasteiger partial charge on any atom is 0.258 e. The van der Waals surface area contributed by atoms with Crippen molar-refractivity contribution in [1.29, 1.82) is 0 Å². The van der Waals surface area contributed by atoms with Gasteiger partial charge in [-0.15, -0.1) is 18.2 Å². The average molecular weight is 479 g/mol. The Morgan fingerprint density at radius 1 is 1.43 bits per heavy atom. The number of hydrogen-bond acceptors (Lipinski definition) is 6. The third-order valence-corrected chi connectivity index (χ3v) is 5.92. The highest BCUT2D eigenvalue weighted by Crippen LogP contribution is 2.22. The molecule has 2 amide bonds. The highest BCUT2D eigenvalue weighted by Gasteiger charge is 2.10. The van der Waals surface area contributed by atoms with E-state index in [0.29, 0.717) is 22.9 Å². The number of halogens is 1. The van der Waals surface area contributed by atoms with Crippen molar-refractivity contribution in [3.05, 3.63) is 39.3 Å². The molecule has 0 atom stereocenters. The summed E-state index contributed by atoms with van der Waals surface area (Å²) in [6.07, 6.45) is 5.46. The van der Waals surface area contributed by atoms with Crippen molar-refractivity contribution < 1.29 is 14.1 Å². The van der Waals surface area contributed by atoms with Gasteiger partial charge in [0.2, 0.25) is 5.91 Å². The van der Waals surface area contributed by atoms with Gasteiger partial charge in [0.25, 0.3) is 5.91 Å². The minimum Gasteiger partial charge on any atom is -0.360 e. The van der Waals surface area contributed by atoms with Crippen LogP contribution in [0.1, 0.15) is 5.76 Å². The van der Waals surface area contributed by atoms with Gasteiger partial charge < -0.3 is 14.4 Å². The summed E-state index contributed by atoms with van der Waals surface area (Å²) in [6, 6.07) is 7.42. The summed E-state index contributed by atoms with van der Waals surface area (Å²) in [5.41, 5.74) is 0.924. The molecule has 2 heterocycles. The number of anilines is 1. The maximum atomic E-state index is 12.2. The van der Waals surface area contributed by atoms with Crippen LogP contribution in [0.25, 0.3) is 10.2 Å². The SMILES string of the molecule is C#CCn1c(=NC(=O)CSCC(=O)Nc2cc(C)on2)sc2cc(Br)ccc21. The molecule has 1 N–H and O–H groups in total. The zero-order valence-electron chi connectivity index (χ0n) is 14.8. The van der Waals surface area contributed by atoms with E-state index in [4.69, 9.17) is 10.9 Å². The van der Waals surface area contributed by atoms with Crippen LogP contribution in [0, 0.1) is 19.3 Å². The summed E-state index contributed by atoms with van der Waals surface area (Å²) < 4.78 is 8.63. The van der Waals surface area contributed by atoms with E-state index in [2.05, 4.69) is 37.3 Å². The highest BCUT2D eigenvalue weighted by molar-refractivity contribution is 9.10. The van der Waals surface area contributed by atoms with Crippen molar-refractivity contribution in [2.45, 2.75) is 13.5 Å². The minimum absolute atomic E-state index is 0.0826. The summed E-state index contributed by atoms with van der Waals surface area (Å²) in [5.74, 6) is 3.14. The predicted octanol–water partition coefficient (Wildman–Crippen LogP) is 3.19. The second kappa shape index (κ2) is 9.23. The molecule has 28 heavy (non-hydrogen) atoms. The van der Waals surface area contributed by atoms with E-state index in [0.717, 1.165) is 14.7 Å². The minimum atomic E-state index is -0.327. The topological polar surface area (TPSA) is 89.5 Å². The first-order chi connectivity index (χ1) is 13.5. The van der Waals surface area contributed by atoms with E-state index in [1.165, 1.54) is 23.1 Å². The Morgan fingerprint density at radius 2 is 2.25 bits per heavy atom. The number of aromatic nitrogens is 2. The lowest BCUT2D eigenvalue weighted by atomic mass is 10.3. The van der Waals surface area contributed by atoms with Crippen molar-refractivity contribution in [2.24, 2.45) is 4.99 Å². The molecule has 0 aliphatic heterocycles. The molecule has 0 unspecified atom stereocenters. The molecule has 0 aliphatic carbocycles. The largest absolute Gasteiger partial charge is 0.360 e. The van der Waals surface area contributed by atoms with E-state index in [9.17, 15) is 9.59 Å². The maximum absolute atomic E-state index is 12.2. The molecule has 0 fully saturated rings. The summed E-state index contributed by atoms with van der Waals surface area (Å²) >= 11 is 6.01. The Balaban J connectivity index is 1.65. The molecule has 1 aromatic carbocycles. The molecular weight excluding hydrogens is 464 g/mol. The fraction of sp³-hybridized carbons (Fsp3) is 0.222. The van der Waals surface area contributed by atoms with Crippen LogP contribution in [0.4, 0.5) is 5.82 Å². The number of thioether (sulfide) groups is 1. The summed E-state index contributed by atoms with van der Waals surface area (Å²) in [6.45, 7) is 2.05. The number of nitrogens with one attached hydrogen (secondary N) is 1. The molecule has 0 aliphatic rings. The zero-order chi connectivity index (χ0) is 20.1. The molecule has 0 saturated heterocycles. The first-order valence-electron chi connectivity index (χ1n) is 8.07. The number of carbonyl (C=O) groups excluding carboxylic acids is 2. The number of rotatable bonds is 6. The van der Waals surface area contributed by atoms with Gasteiger partial charge in [0.1, 0.15) is 5.76 Å². The Morgan fingerprint density at radius 3 is 2.96 bits per heavy atom. The molecule has 0 radical (unpaired) electrons. The Hall–Kier alpha value is -2.35. The summed E-state index contributed by atoms with van der Waals surface area (Å²) in [4.78, 5) is 28.8. The fourth-order valence-corrected chi connectivity index (χ4v) is 4.55. The lowest BCUT2D eigenvalue weighted by Gasteiger charge is -2.01. The number of nitrogens with zero attached hydrogens (tertiary/aromatic N) is 3. The van der Waals surface area contributed by atoms with Crippen molar-refractivity contribution >= 4 is 66.9 Å². The number of hydrogen-bond donors (Lipinski definition) is 1. The van der Waals surface area contributed by atoms with Crippen molar-refractivity contribution in [1.82, 2.24) is 9.72 Å². The summed E-state index contributed by atoms with van der Waals surface area (Å²) in [5, 5.41) is 6.29. The van der Waals surface area contributed by atoms with Gasteiger partial charge in [-0.1, -0.05) is 38.3 Å². The number of aryl methyl sites for hydroxylation is 1. The third kappa shape index (κ3) is 5.13. The zero-order valence-corrected chi connectivity index (χ0v) is 18.0. The number of thiazole rings is 1. The van der Waals surface area contributed by atoms with Gasteiger partial charge in [-0.3, -0.25) is 9.59 Å². The van der Waals surface area contributed by atoms with Crippen LogP contribution >= 0.6 is 39.0 Å². The molecule has 7 nitrogen and oxygen atoms in total. The van der Waals surface area contributed by atoms with Gasteiger partial charge in [-0.2, -0.15) is 4.99 Å². The molecule has 3 aromatic rings. The molecule has 144 valence electrons. The molecule has 10 heteroatoms. The predicted molar refractivity (Wildman–Crippen MR) is 114 cm³/mol. The first kappa shape index (κ1) is 20.4. The Bertz CT molecular complexity index is 1140. The van der Waals surface area contributed by atoms with Crippen LogP contribution in [0.5, 0.6) is 0 Å². The molecule has 0 saturated carbocycles. The van der Waals surface area contributed by atoms with Gasteiger partial charge in [-0.05, 0) is 25.1 Å². The van der Waals surface area contributed by atoms with Crippen LogP contribution in [0.15, 0.2) is 38.3 Å². The fourth-order valence-electron chi connectivity index (χ4n) is 2.35.